The molecule has 0 fully saturated rings. The molecule has 1 aromatic heterocycles. The Labute approximate surface area is 109 Å². The number of aldehydes is 1. The van der Waals surface area contributed by atoms with E-state index in [4.69, 9.17) is 0 Å². The topological polar surface area (TPSA) is 17.1 Å². The third-order valence-electron chi connectivity index (χ3n) is 3.18. The third-order valence-corrected chi connectivity index (χ3v) is 4.28. The minimum Gasteiger partial charge on any atom is -0.298 e. The van der Waals surface area contributed by atoms with Crippen LogP contribution in [0.4, 0.5) is 0 Å². The molecule has 0 amide bonds. The summed E-state index contributed by atoms with van der Waals surface area (Å²) in [5.41, 5.74) is 2.28. The van der Waals surface area contributed by atoms with Crippen LogP contribution >= 0.6 is 11.3 Å². The average Bonchev–Trinajstić information content (AvgIpc) is 2.73. The molecule has 1 heterocycles. The number of rotatable bonds is 9. The van der Waals surface area contributed by atoms with Gasteiger partial charge < -0.3 is 0 Å². The van der Waals surface area contributed by atoms with Crippen molar-refractivity contribution in [2.75, 3.05) is 0 Å². The number of hydrogen-bond donors (Lipinski definition) is 0. The van der Waals surface area contributed by atoms with Crippen molar-refractivity contribution in [3.63, 3.8) is 0 Å². The molecule has 0 aliphatic carbocycles. The van der Waals surface area contributed by atoms with E-state index in [1.165, 1.54) is 49.0 Å². The van der Waals surface area contributed by atoms with E-state index in [0.29, 0.717) is 0 Å². The first-order valence-electron chi connectivity index (χ1n) is 6.87. The Hall–Kier alpha value is -0.630. The van der Waals surface area contributed by atoms with E-state index in [2.05, 4.69) is 13.8 Å². The third kappa shape index (κ3) is 4.63. The van der Waals surface area contributed by atoms with Gasteiger partial charge in [-0.05, 0) is 31.2 Å². The van der Waals surface area contributed by atoms with Gasteiger partial charge in [0, 0.05) is 15.8 Å². The summed E-state index contributed by atoms with van der Waals surface area (Å²) in [5, 5.41) is 2.04. The van der Waals surface area contributed by atoms with Crippen LogP contribution in [-0.4, -0.2) is 6.29 Å². The van der Waals surface area contributed by atoms with Crippen LogP contribution in [0.1, 0.15) is 73.2 Å². The van der Waals surface area contributed by atoms with Crippen molar-refractivity contribution in [3.05, 3.63) is 21.4 Å². The van der Waals surface area contributed by atoms with E-state index in [-0.39, 0.29) is 0 Å². The second kappa shape index (κ2) is 8.46. The lowest BCUT2D eigenvalue weighted by Gasteiger charge is -2.04. The van der Waals surface area contributed by atoms with Gasteiger partial charge in [0.1, 0.15) is 0 Å². The van der Waals surface area contributed by atoms with Gasteiger partial charge in [0.25, 0.3) is 0 Å². The Balaban J connectivity index is 2.61. The lowest BCUT2D eigenvalue weighted by Crippen LogP contribution is -1.94. The lowest BCUT2D eigenvalue weighted by molar-refractivity contribution is 0.112. The first-order chi connectivity index (χ1) is 8.33. The molecule has 0 aromatic carbocycles. The maximum absolute atomic E-state index is 11.0. The van der Waals surface area contributed by atoms with Gasteiger partial charge in [0.2, 0.25) is 0 Å². The molecule has 0 spiro atoms. The summed E-state index contributed by atoms with van der Waals surface area (Å²) in [4.78, 5) is 12.5. The van der Waals surface area contributed by atoms with Gasteiger partial charge in [-0.25, -0.2) is 0 Å². The zero-order valence-electron chi connectivity index (χ0n) is 11.1. The predicted molar refractivity (Wildman–Crippen MR) is 76.2 cm³/mol. The first-order valence-corrected chi connectivity index (χ1v) is 7.75. The second-order valence-corrected chi connectivity index (χ2v) is 5.59. The van der Waals surface area contributed by atoms with Gasteiger partial charge in [0.15, 0.2) is 6.29 Å². The number of thiophene rings is 1. The number of carbonyl (C=O) groups is 1. The summed E-state index contributed by atoms with van der Waals surface area (Å²) in [6, 6.07) is 0. The minimum atomic E-state index is 0.942. The maximum Gasteiger partial charge on any atom is 0.151 e. The summed E-state index contributed by atoms with van der Waals surface area (Å²) in [7, 11) is 0. The van der Waals surface area contributed by atoms with E-state index in [9.17, 15) is 4.79 Å². The van der Waals surface area contributed by atoms with Crippen molar-refractivity contribution < 1.29 is 4.79 Å². The fourth-order valence-electron chi connectivity index (χ4n) is 2.12. The standard InChI is InChI=1S/C15H24OS/c1-3-5-7-9-14-13(11-16)12-17-15(14)10-8-6-4-2/h11-12H,3-10H2,1-2H3. The van der Waals surface area contributed by atoms with Crippen molar-refractivity contribution in [3.8, 4) is 0 Å². The van der Waals surface area contributed by atoms with Gasteiger partial charge in [-0.2, -0.15) is 0 Å². The second-order valence-electron chi connectivity index (χ2n) is 4.62. The maximum atomic E-state index is 11.0. The number of aryl methyl sites for hydroxylation is 1. The molecule has 0 aliphatic heterocycles. The summed E-state index contributed by atoms with van der Waals surface area (Å²) in [5.74, 6) is 0. The highest BCUT2D eigenvalue weighted by Crippen LogP contribution is 2.25. The molecule has 0 saturated heterocycles. The average molecular weight is 252 g/mol. The molecule has 0 saturated carbocycles. The summed E-state index contributed by atoms with van der Waals surface area (Å²) >= 11 is 1.78. The van der Waals surface area contributed by atoms with E-state index >= 15 is 0 Å². The van der Waals surface area contributed by atoms with Crippen molar-refractivity contribution in [1.82, 2.24) is 0 Å². The molecular formula is C15H24OS. The molecule has 96 valence electrons. The highest BCUT2D eigenvalue weighted by Gasteiger charge is 2.10. The lowest BCUT2D eigenvalue weighted by atomic mass is 10.0. The van der Waals surface area contributed by atoms with Crippen LogP contribution in [0.25, 0.3) is 0 Å². The van der Waals surface area contributed by atoms with Crippen LogP contribution in [-0.2, 0) is 12.8 Å². The van der Waals surface area contributed by atoms with E-state index in [1.54, 1.807) is 11.3 Å². The minimum absolute atomic E-state index is 0.942. The Morgan fingerprint density at radius 1 is 1.06 bits per heavy atom. The van der Waals surface area contributed by atoms with Crippen LogP contribution in [0.15, 0.2) is 5.38 Å². The molecule has 1 nitrogen and oxygen atoms in total. The molecule has 0 atom stereocenters. The number of hydrogen-bond acceptors (Lipinski definition) is 2. The quantitative estimate of drug-likeness (QED) is 0.445. The van der Waals surface area contributed by atoms with E-state index < -0.39 is 0 Å². The van der Waals surface area contributed by atoms with Crippen LogP contribution in [0, 0.1) is 0 Å². The van der Waals surface area contributed by atoms with Crippen LogP contribution in [0.3, 0.4) is 0 Å². The molecule has 0 aliphatic rings. The van der Waals surface area contributed by atoms with E-state index in [1.807, 2.05) is 5.38 Å². The molecule has 0 N–H and O–H groups in total. The van der Waals surface area contributed by atoms with Gasteiger partial charge in [0.05, 0.1) is 0 Å². The van der Waals surface area contributed by atoms with Gasteiger partial charge in [-0.3, -0.25) is 4.79 Å². The highest BCUT2D eigenvalue weighted by molar-refractivity contribution is 7.10. The Bertz CT molecular complexity index is 328. The van der Waals surface area contributed by atoms with E-state index in [0.717, 1.165) is 24.7 Å². The molecule has 1 aromatic rings. The SMILES string of the molecule is CCCCCc1scc(C=O)c1CCCCC. The molecule has 0 bridgehead atoms. The summed E-state index contributed by atoms with van der Waals surface area (Å²) in [6.07, 6.45) is 10.8. The summed E-state index contributed by atoms with van der Waals surface area (Å²) < 4.78 is 0. The van der Waals surface area contributed by atoms with Gasteiger partial charge in [-0.15, -0.1) is 11.3 Å². The predicted octanol–water partition coefficient (Wildman–Crippen LogP) is 5.03. The van der Waals surface area contributed by atoms with Crippen molar-refractivity contribution in [2.45, 2.75) is 65.2 Å². The van der Waals surface area contributed by atoms with Crippen molar-refractivity contribution >= 4 is 17.6 Å². The fraction of sp³-hybridized carbons (Fsp3) is 0.667. The number of unbranched alkanes of at least 4 members (excludes halogenated alkanes) is 4. The zero-order valence-corrected chi connectivity index (χ0v) is 11.9. The van der Waals surface area contributed by atoms with Crippen molar-refractivity contribution in [2.24, 2.45) is 0 Å². The Morgan fingerprint density at radius 3 is 2.29 bits per heavy atom. The van der Waals surface area contributed by atoms with Gasteiger partial charge >= 0.3 is 0 Å². The van der Waals surface area contributed by atoms with Crippen LogP contribution in [0.2, 0.25) is 0 Å². The Kier molecular flexibility index (Phi) is 7.18. The fourth-order valence-corrected chi connectivity index (χ4v) is 3.21. The number of carbonyl (C=O) groups excluding carboxylic acids is 1. The van der Waals surface area contributed by atoms with Crippen LogP contribution in [0.5, 0.6) is 0 Å². The monoisotopic (exact) mass is 252 g/mol. The summed E-state index contributed by atoms with van der Waals surface area (Å²) in [6.45, 7) is 4.45. The largest absolute Gasteiger partial charge is 0.298 e. The molecule has 2 heteroatoms. The smallest absolute Gasteiger partial charge is 0.151 e. The molecule has 0 unspecified atom stereocenters. The van der Waals surface area contributed by atoms with Gasteiger partial charge in [-0.1, -0.05) is 39.5 Å². The molecule has 0 radical (unpaired) electrons. The molecule has 1 rings (SSSR count). The normalized spacial score (nSPS) is 10.7. The highest BCUT2D eigenvalue weighted by atomic mass is 32.1. The van der Waals surface area contributed by atoms with Crippen molar-refractivity contribution in [1.29, 1.82) is 0 Å². The zero-order chi connectivity index (χ0) is 12.5. The molecule has 17 heavy (non-hydrogen) atoms. The first kappa shape index (κ1) is 14.4. The Morgan fingerprint density at radius 2 is 1.71 bits per heavy atom. The van der Waals surface area contributed by atoms with Crippen LogP contribution < -0.4 is 0 Å². The molecular weight excluding hydrogens is 228 g/mol.